The van der Waals surface area contributed by atoms with Crippen LogP contribution in [0.2, 0.25) is 5.02 Å². The van der Waals surface area contributed by atoms with Crippen molar-refractivity contribution in [2.75, 3.05) is 30.4 Å². The van der Waals surface area contributed by atoms with E-state index in [1.165, 1.54) is 7.11 Å². The van der Waals surface area contributed by atoms with Crippen LogP contribution in [0.25, 0.3) is 0 Å². The Hall–Kier alpha value is -3.88. The number of nitrogens with one attached hydrogen (secondary N) is 1. The molecule has 1 aliphatic rings. The van der Waals surface area contributed by atoms with Crippen molar-refractivity contribution in [1.82, 2.24) is 0 Å². The number of hydrogen-bond acceptors (Lipinski definition) is 6. The molecular weight excluding hydrogens is 506 g/mol. The number of fused-ring (bicyclic) bond motifs is 1. The molecule has 1 unspecified atom stereocenters. The molecule has 0 radical (unpaired) electrons. The third kappa shape index (κ3) is 5.98. The third-order valence-corrected chi connectivity index (χ3v) is 6.66. The Kier molecular flexibility index (Phi) is 8.66. The molecule has 4 rings (SSSR count). The van der Waals surface area contributed by atoms with Crippen LogP contribution in [0.3, 0.4) is 0 Å². The first-order valence-electron chi connectivity index (χ1n) is 12.4. The average Bonchev–Trinajstić information content (AvgIpc) is 3.07. The van der Waals surface area contributed by atoms with Crippen LogP contribution in [0.4, 0.5) is 11.4 Å². The van der Waals surface area contributed by atoms with E-state index in [4.69, 9.17) is 26.8 Å². The lowest BCUT2D eigenvalue weighted by Gasteiger charge is -2.25. The molecule has 3 aromatic rings. The molecule has 38 heavy (non-hydrogen) atoms. The van der Waals surface area contributed by atoms with E-state index in [9.17, 15) is 14.4 Å². The highest BCUT2D eigenvalue weighted by molar-refractivity contribution is 6.30. The summed E-state index contributed by atoms with van der Waals surface area (Å²) in [6.45, 7) is 2.47. The number of nitrogens with zero attached hydrogens (tertiary/aromatic N) is 1. The summed E-state index contributed by atoms with van der Waals surface area (Å²) in [7, 11) is 1.47. The molecule has 0 spiro atoms. The van der Waals surface area contributed by atoms with Crippen molar-refractivity contribution in [1.29, 1.82) is 0 Å². The van der Waals surface area contributed by atoms with E-state index in [1.807, 2.05) is 19.1 Å². The summed E-state index contributed by atoms with van der Waals surface area (Å²) in [5.41, 5.74) is 9.03. The molecule has 0 bridgehead atoms. The lowest BCUT2D eigenvalue weighted by atomic mass is 10.0. The highest BCUT2D eigenvalue weighted by atomic mass is 35.5. The van der Waals surface area contributed by atoms with Gasteiger partial charge in [-0.25, -0.2) is 0 Å². The van der Waals surface area contributed by atoms with Crippen LogP contribution in [-0.4, -0.2) is 38.0 Å². The molecule has 2 amide bonds. The van der Waals surface area contributed by atoms with Gasteiger partial charge >= 0.3 is 5.97 Å². The summed E-state index contributed by atoms with van der Waals surface area (Å²) in [5, 5.41) is 3.35. The van der Waals surface area contributed by atoms with Gasteiger partial charge in [-0.3, -0.25) is 14.4 Å². The van der Waals surface area contributed by atoms with E-state index >= 15 is 0 Å². The van der Waals surface area contributed by atoms with Gasteiger partial charge in [-0.15, -0.1) is 0 Å². The molecule has 0 aromatic heterocycles. The van der Waals surface area contributed by atoms with Gasteiger partial charge in [0.15, 0.2) is 0 Å². The normalized spacial score (nSPS) is 14.7. The van der Waals surface area contributed by atoms with E-state index in [1.54, 1.807) is 53.4 Å². The quantitative estimate of drug-likeness (QED) is 0.398. The first-order valence-corrected chi connectivity index (χ1v) is 12.8. The number of nitrogens with two attached hydrogens (primary N) is 1. The zero-order valence-corrected chi connectivity index (χ0v) is 22.1. The van der Waals surface area contributed by atoms with E-state index in [-0.39, 0.29) is 24.8 Å². The molecule has 8 nitrogen and oxygen atoms in total. The van der Waals surface area contributed by atoms with Gasteiger partial charge in [-0.05, 0) is 61.7 Å². The van der Waals surface area contributed by atoms with Crippen molar-refractivity contribution in [2.45, 2.75) is 32.3 Å². The van der Waals surface area contributed by atoms with E-state index in [2.05, 4.69) is 5.32 Å². The average molecular weight is 536 g/mol. The Morgan fingerprint density at radius 3 is 2.61 bits per heavy atom. The summed E-state index contributed by atoms with van der Waals surface area (Å²) < 4.78 is 11.2. The molecule has 0 saturated heterocycles. The Labute approximate surface area is 226 Å². The van der Waals surface area contributed by atoms with Crippen molar-refractivity contribution >= 4 is 40.8 Å². The van der Waals surface area contributed by atoms with Crippen molar-refractivity contribution in [3.63, 3.8) is 0 Å². The predicted octanol–water partition coefficient (Wildman–Crippen LogP) is 5.28. The number of carbonyl (C=O) groups is 3. The van der Waals surface area contributed by atoms with Gasteiger partial charge in [0.25, 0.3) is 11.8 Å². The Morgan fingerprint density at radius 2 is 1.87 bits per heavy atom. The molecule has 0 fully saturated rings. The van der Waals surface area contributed by atoms with Crippen LogP contribution in [-0.2, 0) is 9.53 Å². The lowest BCUT2D eigenvalue weighted by molar-refractivity contribution is -0.149. The van der Waals surface area contributed by atoms with Crippen molar-refractivity contribution in [3.8, 4) is 5.75 Å². The molecule has 0 aliphatic carbocycles. The monoisotopic (exact) mass is 535 g/mol. The van der Waals surface area contributed by atoms with Gasteiger partial charge in [0.2, 0.25) is 0 Å². The summed E-state index contributed by atoms with van der Waals surface area (Å²) in [6, 6.07) is 17.4. The van der Waals surface area contributed by atoms with Gasteiger partial charge in [-0.2, -0.15) is 0 Å². The van der Waals surface area contributed by atoms with Crippen molar-refractivity contribution < 1.29 is 23.9 Å². The van der Waals surface area contributed by atoms with Gasteiger partial charge in [0.05, 0.1) is 24.8 Å². The lowest BCUT2D eigenvalue weighted by Crippen LogP contribution is -2.32. The van der Waals surface area contributed by atoms with Crippen LogP contribution in [0.15, 0.2) is 60.7 Å². The zero-order chi connectivity index (χ0) is 27.2. The third-order valence-electron chi connectivity index (χ3n) is 6.42. The summed E-state index contributed by atoms with van der Waals surface area (Å²) in [6.07, 6.45) is 0.709. The summed E-state index contributed by atoms with van der Waals surface area (Å²) in [5.74, 6) is -0.606. The van der Waals surface area contributed by atoms with Crippen molar-refractivity contribution in [2.24, 2.45) is 5.73 Å². The number of esters is 1. The summed E-state index contributed by atoms with van der Waals surface area (Å²) >= 11 is 6.28. The fourth-order valence-corrected chi connectivity index (χ4v) is 4.71. The zero-order valence-electron chi connectivity index (χ0n) is 21.3. The van der Waals surface area contributed by atoms with Crippen LogP contribution in [0, 0.1) is 6.92 Å². The Bertz CT molecular complexity index is 1360. The SMILES string of the molecule is COc1cc(NC(=O)c2ccccc2C)ccc1C(=O)N1CCCC(OC(=O)CCN)c2cc(Cl)ccc21. The maximum Gasteiger partial charge on any atom is 0.307 e. The first kappa shape index (κ1) is 27.2. The number of amides is 2. The second-order valence-corrected chi connectivity index (χ2v) is 9.44. The molecule has 0 saturated carbocycles. The van der Waals surface area contributed by atoms with Crippen molar-refractivity contribution in [3.05, 3.63) is 87.9 Å². The van der Waals surface area contributed by atoms with E-state index in [0.717, 1.165) is 5.56 Å². The van der Waals surface area contributed by atoms with Gasteiger partial charge in [0, 0.05) is 41.0 Å². The molecule has 1 atom stereocenters. The summed E-state index contributed by atoms with van der Waals surface area (Å²) in [4.78, 5) is 40.4. The minimum atomic E-state index is -0.540. The molecule has 1 aliphatic heterocycles. The van der Waals surface area contributed by atoms with Crippen LogP contribution < -0.4 is 20.7 Å². The minimum absolute atomic E-state index is 0.110. The number of anilines is 2. The number of hydrogen-bond donors (Lipinski definition) is 2. The second-order valence-electron chi connectivity index (χ2n) is 9.00. The number of aryl methyl sites for hydroxylation is 1. The fourth-order valence-electron chi connectivity index (χ4n) is 4.53. The molecule has 198 valence electrons. The predicted molar refractivity (Wildman–Crippen MR) is 147 cm³/mol. The standard InChI is InChI=1S/C29H30ClN3O5/c1-18-6-3-4-7-21(18)28(35)32-20-10-11-22(26(17-20)37-2)29(36)33-15-5-8-25(38-27(34)13-14-31)23-16-19(30)9-12-24(23)33/h3-4,6-7,9-12,16-17,25H,5,8,13-15,31H2,1-2H3,(H,32,35). The van der Waals surface area contributed by atoms with Crippen LogP contribution in [0.5, 0.6) is 5.75 Å². The number of methoxy groups -OCH3 is 1. The number of rotatable bonds is 7. The van der Waals surface area contributed by atoms with Gasteiger partial charge in [0.1, 0.15) is 11.9 Å². The van der Waals surface area contributed by atoms with E-state index < -0.39 is 12.1 Å². The molecule has 9 heteroatoms. The fraction of sp³-hybridized carbons (Fsp3) is 0.276. The first-order chi connectivity index (χ1) is 18.3. The minimum Gasteiger partial charge on any atom is -0.496 e. The highest BCUT2D eigenvalue weighted by Crippen LogP contribution is 2.38. The van der Waals surface area contributed by atoms with Gasteiger partial charge < -0.3 is 25.4 Å². The van der Waals surface area contributed by atoms with Crippen LogP contribution >= 0.6 is 11.6 Å². The number of ether oxygens (including phenoxy) is 2. The Balaban J connectivity index is 1.62. The van der Waals surface area contributed by atoms with Crippen LogP contribution in [0.1, 0.15) is 57.2 Å². The van der Waals surface area contributed by atoms with E-state index in [0.29, 0.717) is 58.2 Å². The Morgan fingerprint density at radius 1 is 1.08 bits per heavy atom. The molecule has 1 heterocycles. The second kappa shape index (κ2) is 12.1. The van der Waals surface area contributed by atoms with Gasteiger partial charge in [-0.1, -0.05) is 29.8 Å². The number of halogens is 1. The molecule has 3 N–H and O–H groups in total. The highest BCUT2D eigenvalue weighted by Gasteiger charge is 2.30. The number of carbonyl (C=O) groups excluding carboxylic acids is 3. The topological polar surface area (TPSA) is 111 Å². The maximum atomic E-state index is 13.8. The molecular formula is C29H30ClN3O5. The molecule has 3 aromatic carbocycles. The smallest absolute Gasteiger partial charge is 0.307 e. The number of benzene rings is 3. The largest absolute Gasteiger partial charge is 0.496 e. The maximum absolute atomic E-state index is 13.8.